The SMILES string of the molecule is C=CCN1C(=O)[C@]2(OCc3ccccc3N2C(=O)/C=C/c2ccco2)c2ccccc21. The van der Waals surface area contributed by atoms with Gasteiger partial charge in [-0.2, -0.15) is 0 Å². The predicted octanol–water partition coefficient (Wildman–Crippen LogP) is 4.24. The minimum atomic E-state index is -1.58. The van der Waals surface area contributed by atoms with Gasteiger partial charge in [-0.15, -0.1) is 6.58 Å². The summed E-state index contributed by atoms with van der Waals surface area (Å²) in [7, 11) is 0. The fourth-order valence-electron chi connectivity index (χ4n) is 4.22. The van der Waals surface area contributed by atoms with E-state index in [0.717, 1.165) is 5.56 Å². The van der Waals surface area contributed by atoms with Gasteiger partial charge >= 0.3 is 0 Å². The molecule has 2 aliphatic heterocycles. The van der Waals surface area contributed by atoms with Crippen LogP contribution in [0.15, 0.2) is 90.1 Å². The number of para-hydroxylation sites is 2. The highest BCUT2D eigenvalue weighted by molar-refractivity contribution is 6.16. The van der Waals surface area contributed by atoms with Crippen molar-refractivity contribution in [3.63, 3.8) is 0 Å². The van der Waals surface area contributed by atoms with Crippen molar-refractivity contribution < 1.29 is 18.7 Å². The molecule has 31 heavy (non-hydrogen) atoms. The molecule has 3 heterocycles. The zero-order valence-electron chi connectivity index (χ0n) is 16.7. The first kappa shape index (κ1) is 19.1. The van der Waals surface area contributed by atoms with Gasteiger partial charge in [-0.05, 0) is 30.3 Å². The lowest BCUT2D eigenvalue weighted by molar-refractivity contribution is -0.151. The number of hydrogen-bond acceptors (Lipinski definition) is 4. The molecule has 0 radical (unpaired) electrons. The number of anilines is 2. The Labute approximate surface area is 179 Å². The molecule has 1 spiro atoms. The number of amides is 2. The van der Waals surface area contributed by atoms with E-state index in [1.165, 1.54) is 17.2 Å². The molecule has 1 atom stereocenters. The van der Waals surface area contributed by atoms with Crippen molar-refractivity contribution in [2.45, 2.75) is 12.3 Å². The molecular formula is C25H20N2O4. The molecule has 0 saturated carbocycles. The minimum absolute atomic E-state index is 0.212. The Morgan fingerprint density at radius 1 is 1.06 bits per heavy atom. The van der Waals surface area contributed by atoms with E-state index in [9.17, 15) is 9.59 Å². The summed E-state index contributed by atoms with van der Waals surface area (Å²) in [4.78, 5) is 30.4. The molecule has 0 bridgehead atoms. The van der Waals surface area contributed by atoms with Gasteiger partial charge in [0.2, 0.25) is 0 Å². The molecule has 0 saturated heterocycles. The largest absolute Gasteiger partial charge is 0.465 e. The first-order valence-corrected chi connectivity index (χ1v) is 9.97. The average Bonchev–Trinajstić information content (AvgIpc) is 3.40. The number of ether oxygens (including phenoxy) is 1. The fraction of sp³-hybridized carbons (Fsp3) is 0.120. The topological polar surface area (TPSA) is 63.0 Å². The maximum absolute atomic E-state index is 13.8. The number of benzene rings is 2. The molecule has 6 nitrogen and oxygen atoms in total. The van der Waals surface area contributed by atoms with E-state index in [2.05, 4.69) is 6.58 Å². The van der Waals surface area contributed by atoms with Crippen molar-refractivity contribution in [3.8, 4) is 0 Å². The van der Waals surface area contributed by atoms with Gasteiger partial charge in [0.1, 0.15) is 5.76 Å². The molecule has 0 fully saturated rings. The monoisotopic (exact) mass is 412 g/mol. The van der Waals surface area contributed by atoms with E-state index in [4.69, 9.17) is 9.15 Å². The molecule has 3 aromatic rings. The van der Waals surface area contributed by atoms with Gasteiger partial charge in [0.25, 0.3) is 17.5 Å². The Balaban J connectivity index is 1.69. The number of fused-ring (bicyclic) bond motifs is 3. The Bertz CT molecular complexity index is 1200. The number of carbonyl (C=O) groups excluding carboxylic acids is 2. The lowest BCUT2D eigenvalue weighted by Crippen LogP contribution is -2.59. The standard InChI is InChI=1S/C25H20N2O4/c1-2-15-26-22-12-6-4-10-20(22)25(24(26)29)27(21-11-5-3-8-18(21)17-31-25)23(28)14-13-19-9-7-16-30-19/h2-14,16H,1,15,17H2/b14-13+/t25-/m1/s1. The third kappa shape index (κ3) is 2.84. The molecule has 2 aromatic carbocycles. The lowest BCUT2D eigenvalue weighted by Gasteiger charge is -2.43. The van der Waals surface area contributed by atoms with Crippen LogP contribution in [0, 0.1) is 0 Å². The predicted molar refractivity (Wildman–Crippen MR) is 117 cm³/mol. The Morgan fingerprint density at radius 3 is 2.61 bits per heavy atom. The summed E-state index contributed by atoms with van der Waals surface area (Å²) in [5.41, 5.74) is 1.24. The molecule has 6 heteroatoms. The molecule has 0 aliphatic carbocycles. The van der Waals surface area contributed by atoms with Crippen molar-refractivity contribution in [3.05, 3.63) is 103 Å². The molecule has 1 aromatic heterocycles. The third-order valence-electron chi connectivity index (χ3n) is 5.54. The zero-order valence-corrected chi connectivity index (χ0v) is 16.7. The van der Waals surface area contributed by atoms with E-state index in [1.807, 2.05) is 48.5 Å². The first-order chi connectivity index (χ1) is 15.2. The Kier molecular flexibility index (Phi) is 4.56. The van der Waals surface area contributed by atoms with Crippen molar-refractivity contribution >= 4 is 29.3 Å². The summed E-state index contributed by atoms with van der Waals surface area (Å²) >= 11 is 0. The van der Waals surface area contributed by atoms with Gasteiger partial charge in [0, 0.05) is 23.7 Å². The van der Waals surface area contributed by atoms with Gasteiger partial charge in [0.05, 0.1) is 24.2 Å². The summed E-state index contributed by atoms with van der Waals surface area (Å²) in [6.07, 6.45) is 6.18. The van der Waals surface area contributed by atoms with Crippen LogP contribution in [0.2, 0.25) is 0 Å². The normalized spacial score (nSPS) is 19.7. The summed E-state index contributed by atoms with van der Waals surface area (Å²) in [6.45, 7) is 4.30. The smallest absolute Gasteiger partial charge is 0.286 e. The van der Waals surface area contributed by atoms with Crippen LogP contribution in [0.3, 0.4) is 0 Å². The molecule has 2 amide bonds. The number of nitrogens with zero attached hydrogens (tertiary/aromatic N) is 2. The van der Waals surface area contributed by atoms with Crippen molar-refractivity contribution in [1.29, 1.82) is 0 Å². The van der Waals surface area contributed by atoms with Crippen molar-refractivity contribution in [2.75, 3.05) is 16.3 Å². The lowest BCUT2D eigenvalue weighted by atomic mass is 9.97. The summed E-state index contributed by atoms with van der Waals surface area (Å²) in [5.74, 6) is -0.157. The number of hydrogen-bond donors (Lipinski definition) is 0. The molecule has 2 aliphatic rings. The second-order valence-electron chi connectivity index (χ2n) is 7.31. The van der Waals surface area contributed by atoms with Gasteiger partial charge < -0.3 is 14.1 Å². The average molecular weight is 412 g/mol. The summed E-state index contributed by atoms with van der Waals surface area (Å²) < 4.78 is 11.6. The molecule has 5 rings (SSSR count). The third-order valence-corrected chi connectivity index (χ3v) is 5.54. The van der Waals surface area contributed by atoms with E-state index >= 15 is 0 Å². The molecule has 0 N–H and O–H groups in total. The van der Waals surface area contributed by atoms with Crippen molar-refractivity contribution in [1.82, 2.24) is 0 Å². The highest BCUT2D eigenvalue weighted by Crippen LogP contribution is 2.50. The van der Waals surface area contributed by atoms with Crippen LogP contribution in [0.4, 0.5) is 11.4 Å². The quantitative estimate of drug-likeness (QED) is 0.475. The maximum Gasteiger partial charge on any atom is 0.286 e. The highest BCUT2D eigenvalue weighted by Gasteiger charge is 2.59. The fourth-order valence-corrected chi connectivity index (χ4v) is 4.22. The Hall–Kier alpha value is -3.90. The zero-order chi connectivity index (χ0) is 21.4. The number of furan rings is 1. The first-order valence-electron chi connectivity index (χ1n) is 9.97. The maximum atomic E-state index is 13.8. The van der Waals surface area contributed by atoms with E-state index in [0.29, 0.717) is 29.2 Å². The number of rotatable bonds is 4. The van der Waals surface area contributed by atoms with E-state index in [-0.39, 0.29) is 18.4 Å². The van der Waals surface area contributed by atoms with Crippen LogP contribution in [-0.2, 0) is 26.7 Å². The summed E-state index contributed by atoms with van der Waals surface area (Å²) in [6, 6.07) is 18.4. The van der Waals surface area contributed by atoms with Crippen molar-refractivity contribution in [2.24, 2.45) is 0 Å². The molecular weight excluding hydrogens is 392 g/mol. The second kappa shape index (κ2) is 7.41. The van der Waals surface area contributed by atoms with Crippen LogP contribution in [0.1, 0.15) is 16.9 Å². The van der Waals surface area contributed by atoms with E-state index < -0.39 is 5.72 Å². The van der Waals surface area contributed by atoms with Crippen LogP contribution in [0.25, 0.3) is 6.08 Å². The minimum Gasteiger partial charge on any atom is -0.465 e. The van der Waals surface area contributed by atoms with Crippen LogP contribution < -0.4 is 9.80 Å². The molecule has 0 unspecified atom stereocenters. The highest BCUT2D eigenvalue weighted by atomic mass is 16.5. The van der Waals surface area contributed by atoms with Gasteiger partial charge in [-0.1, -0.05) is 42.5 Å². The van der Waals surface area contributed by atoms with Gasteiger partial charge in [-0.3, -0.25) is 14.5 Å². The number of carbonyl (C=O) groups is 2. The van der Waals surface area contributed by atoms with Crippen LogP contribution in [-0.4, -0.2) is 18.4 Å². The van der Waals surface area contributed by atoms with Gasteiger partial charge in [-0.25, -0.2) is 0 Å². The van der Waals surface area contributed by atoms with Crippen LogP contribution >= 0.6 is 0 Å². The summed E-state index contributed by atoms with van der Waals surface area (Å²) in [5, 5.41) is 0. The molecule has 154 valence electrons. The van der Waals surface area contributed by atoms with Gasteiger partial charge in [0.15, 0.2) is 0 Å². The van der Waals surface area contributed by atoms with E-state index in [1.54, 1.807) is 29.2 Å². The second-order valence-corrected chi connectivity index (χ2v) is 7.31. The van der Waals surface area contributed by atoms with Crippen LogP contribution in [0.5, 0.6) is 0 Å². The Morgan fingerprint density at radius 2 is 1.84 bits per heavy atom.